The fourth-order valence-corrected chi connectivity index (χ4v) is 4.08. The zero-order valence-corrected chi connectivity index (χ0v) is 13.8. The minimum absolute atomic E-state index is 0.0354. The molecule has 23 heavy (non-hydrogen) atoms. The molecule has 2 N–H and O–H groups in total. The van der Waals surface area contributed by atoms with Gasteiger partial charge in [0.05, 0.1) is 10.6 Å². The Bertz CT molecular complexity index is 654. The van der Waals surface area contributed by atoms with E-state index in [0.717, 1.165) is 49.8 Å². The summed E-state index contributed by atoms with van der Waals surface area (Å²) < 4.78 is 0. The molecule has 1 amide bonds. The molecule has 7 heteroatoms. The molecular formula is C16H21N5OS. The number of rotatable bonds is 3. The highest BCUT2D eigenvalue weighted by atomic mass is 32.1. The van der Waals surface area contributed by atoms with Crippen molar-refractivity contribution in [1.29, 1.82) is 0 Å². The lowest BCUT2D eigenvalue weighted by Gasteiger charge is -2.37. The molecule has 0 saturated carbocycles. The molecule has 0 aliphatic carbocycles. The van der Waals surface area contributed by atoms with Gasteiger partial charge in [-0.1, -0.05) is 6.07 Å². The van der Waals surface area contributed by atoms with Crippen LogP contribution in [0.3, 0.4) is 0 Å². The Kier molecular flexibility index (Phi) is 4.15. The van der Waals surface area contributed by atoms with Gasteiger partial charge >= 0.3 is 0 Å². The molecule has 2 aromatic heterocycles. The van der Waals surface area contributed by atoms with Crippen molar-refractivity contribution < 1.29 is 4.79 Å². The van der Waals surface area contributed by atoms with Gasteiger partial charge in [0, 0.05) is 38.8 Å². The van der Waals surface area contributed by atoms with Crippen molar-refractivity contribution in [3.63, 3.8) is 0 Å². The molecule has 1 atom stereocenters. The van der Waals surface area contributed by atoms with Crippen LogP contribution in [-0.4, -0.2) is 71.2 Å². The van der Waals surface area contributed by atoms with E-state index in [4.69, 9.17) is 0 Å². The highest BCUT2D eigenvalue weighted by Crippen LogP contribution is 2.23. The number of piperazine rings is 1. The van der Waals surface area contributed by atoms with Gasteiger partial charge in [0.2, 0.25) is 0 Å². The number of carbonyl (C=O) groups excluding carboxylic acids is 1. The quantitative estimate of drug-likeness (QED) is 0.889. The molecule has 2 aliphatic rings. The summed E-state index contributed by atoms with van der Waals surface area (Å²) in [7, 11) is 0. The Morgan fingerprint density at radius 2 is 2.17 bits per heavy atom. The monoisotopic (exact) mass is 331 g/mol. The molecule has 2 fully saturated rings. The minimum Gasteiger partial charge on any atom is -0.335 e. The largest absolute Gasteiger partial charge is 0.335 e. The van der Waals surface area contributed by atoms with E-state index in [1.165, 1.54) is 6.42 Å². The summed E-state index contributed by atoms with van der Waals surface area (Å²) in [5.41, 5.74) is 1.43. The van der Waals surface area contributed by atoms with Crippen LogP contribution < -0.4 is 5.32 Å². The lowest BCUT2D eigenvalue weighted by atomic mass is 10.2. The molecule has 0 bridgehead atoms. The van der Waals surface area contributed by atoms with Crippen LogP contribution in [0, 0.1) is 0 Å². The van der Waals surface area contributed by atoms with Crippen LogP contribution in [0.2, 0.25) is 0 Å². The fraction of sp³-hybridized carbons (Fsp3) is 0.500. The molecule has 0 spiro atoms. The van der Waals surface area contributed by atoms with E-state index in [0.29, 0.717) is 11.7 Å². The van der Waals surface area contributed by atoms with Gasteiger partial charge in [-0.2, -0.15) is 5.10 Å². The van der Waals surface area contributed by atoms with Crippen molar-refractivity contribution in [2.75, 3.05) is 39.3 Å². The van der Waals surface area contributed by atoms with Crippen LogP contribution in [-0.2, 0) is 0 Å². The summed E-state index contributed by atoms with van der Waals surface area (Å²) in [6.45, 7) is 5.69. The third-order valence-electron chi connectivity index (χ3n) is 4.74. The summed E-state index contributed by atoms with van der Waals surface area (Å²) >= 11 is 1.64. The van der Waals surface area contributed by atoms with Gasteiger partial charge in [0.1, 0.15) is 0 Å². The molecule has 0 aromatic carbocycles. The molecular weight excluding hydrogens is 310 g/mol. The van der Waals surface area contributed by atoms with Gasteiger partial charge in [0.25, 0.3) is 5.91 Å². The zero-order chi connectivity index (χ0) is 15.6. The first-order valence-electron chi connectivity index (χ1n) is 8.14. The van der Waals surface area contributed by atoms with E-state index in [1.807, 2.05) is 28.5 Å². The van der Waals surface area contributed by atoms with E-state index in [-0.39, 0.29) is 5.91 Å². The van der Waals surface area contributed by atoms with Crippen molar-refractivity contribution in [3.8, 4) is 10.6 Å². The number of amides is 1. The molecule has 2 aliphatic heterocycles. The van der Waals surface area contributed by atoms with Crippen LogP contribution in [0.5, 0.6) is 0 Å². The zero-order valence-electron chi connectivity index (χ0n) is 13.0. The number of nitrogens with one attached hydrogen (secondary N) is 2. The Hall–Kier alpha value is -1.70. The number of carbonyl (C=O) groups is 1. The summed E-state index contributed by atoms with van der Waals surface area (Å²) in [5.74, 6) is 0.0354. The third kappa shape index (κ3) is 3.04. The number of H-pyrrole nitrogens is 1. The normalized spacial score (nSPS) is 22.6. The summed E-state index contributed by atoms with van der Waals surface area (Å²) in [5, 5.41) is 12.6. The van der Waals surface area contributed by atoms with Gasteiger partial charge < -0.3 is 10.2 Å². The fourth-order valence-electron chi connectivity index (χ4n) is 3.39. The first-order chi connectivity index (χ1) is 11.3. The van der Waals surface area contributed by atoms with E-state index in [2.05, 4.69) is 20.4 Å². The van der Waals surface area contributed by atoms with Gasteiger partial charge in [-0.3, -0.25) is 14.8 Å². The molecule has 0 radical (unpaired) electrons. The second kappa shape index (κ2) is 6.43. The number of aromatic amines is 1. The van der Waals surface area contributed by atoms with Gasteiger partial charge in [0.15, 0.2) is 5.69 Å². The van der Waals surface area contributed by atoms with Crippen LogP contribution in [0.4, 0.5) is 0 Å². The number of nitrogens with zero attached hydrogens (tertiary/aromatic N) is 3. The molecule has 1 unspecified atom stereocenters. The van der Waals surface area contributed by atoms with Crippen molar-refractivity contribution >= 4 is 17.2 Å². The maximum absolute atomic E-state index is 12.6. The molecule has 6 nitrogen and oxygen atoms in total. The highest BCUT2D eigenvalue weighted by molar-refractivity contribution is 7.13. The van der Waals surface area contributed by atoms with Crippen molar-refractivity contribution in [2.24, 2.45) is 0 Å². The van der Waals surface area contributed by atoms with Gasteiger partial charge in [-0.05, 0) is 30.5 Å². The highest BCUT2D eigenvalue weighted by Gasteiger charge is 2.28. The lowest BCUT2D eigenvalue weighted by molar-refractivity contribution is 0.0578. The van der Waals surface area contributed by atoms with E-state index in [1.54, 1.807) is 11.3 Å². The maximum atomic E-state index is 12.6. The molecule has 122 valence electrons. The number of hydrogen-bond donors (Lipinski definition) is 2. The Balaban J connectivity index is 1.38. The third-order valence-corrected chi connectivity index (χ3v) is 5.64. The standard InChI is InChI=1S/C16H21N5OS/c22-16(14-10-13(18-19-14)15-2-1-9-23-15)21-7-5-20(6-8-21)12-3-4-17-11-12/h1-2,9-10,12,17H,3-8,11H2,(H,18,19). The molecule has 2 saturated heterocycles. The van der Waals surface area contributed by atoms with Crippen LogP contribution >= 0.6 is 11.3 Å². The van der Waals surface area contributed by atoms with Gasteiger partial charge in [-0.25, -0.2) is 0 Å². The second-order valence-corrected chi connectivity index (χ2v) is 7.07. The Labute approximate surface area is 139 Å². The van der Waals surface area contributed by atoms with Gasteiger partial charge in [-0.15, -0.1) is 11.3 Å². The number of aromatic nitrogens is 2. The van der Waals surface area contributed by atoms with E-state index in [9.17, 15) is 4.79 Å². The topological polar surface area (TPSA) is 64.3 Å². The Morgan fingerprint density at radius 1 is 1.30 bits per heavy atom. The smallest absolute Gasteiger partial charge is 0.274 e. The van der Waals surface area contributed by atoms with Crippen LogP contribution in [0.25, 0.3) is 10.6 Å². The first kappa shape index (κ1) is 14.9. The van der Waals surface area contributed by atoms with Crippen LogP contribution in [0.15, 0.2) is 23.6 Å². The predicted octanol–water partition coefficient (Wildman–Crippen LogP) is 1.26. The SMILES string of the molecule is O=C(c1cc(-c2cccs2)[nH]n1)N1CCN(C2CCNC2)CC1. The molecule has 4 rings (SSSR count). The first-order valence-corrected chi connectivity index (χ1v) is 9.02. The van der Waals surface area contributed by atoms with Crippen LogP contribution in [0.1, 0.15) is 16.9 Å². The van der Waals surface area contributed by atoms with E-state index < -0.39 is 0 Å². The summed E-state index contributed by atoms with van der Waals surface area (Å²) in [4.78, 5) is 18.2. The molecule has 4 heterocycles. The van der Waals surface area contributed by atoms with Crippen molar-refractivity contribution in [3.05, 3.63) is 29.3 Å². The van der Waals surface area contributed by atoms with Crippen molar-refractivity contribution in [2.45, 2.75) is 12.5 Å². The average molecular weight is 331 g/mol. The van der Waals surface area contributed by atoms with E-state index >= 15 is 0 Å². The average Bonchev–Trinajstić information content (AvgIpc) is 3.36. The summed E-state index contributed by atoms with van der Waals surface area (Å²) in [6, 6.07) is 6.53. The maximum Gasteiger partial charge on any atom is 0.274 e. The second-order valence-electron chi connectivity index (χ2n) is 6.12. The predicted molar refractivity (Wildman–Crippen MR) is 90.7 cm³/mol. The minimum atomic E-state index is 0.0354. The summed E-state index contributed by atoms with van der Waals surface area (Å²) in [6.07, 6.45) is 1.22. The number of hydrogen-bond acceptors (Lipinski definition) is 5. The molecule has 2 aromatic rings. The number of thiophene rings is 1. The lowest BCUT2D eigenvalue weighted by Crippen LogP contribution is -2.52. The Morgan fingerprint density at radius 3 is 2.87 bits per heavy atom. The van der Waals surface area contributed by atoms with Crippen molar-refractivity contribution in [1.82, 2.24) is 25.3 Å².